The molecule has 4 aromatic rings. The molecule has 1 amide bonds. The van der Waals surface area contributed by atoms with Crippen molar-refractivity contribution >= 4 is 29.0 Å². The van der Waals surface area contributed by atoms with E-state index in [0.29, 0.717) is 18.3 Å². The van der Waals surface area contributed by atoms with Gasteiger partial charge in [0.05, 0.1) is 18.9 Å². The van der Waals surface area contributed by atoms with E-state index in [1.165, 1.54) is 11.8 Å². The van der Waals surface area contributed by atoms with Gasteiger partial charge in [0, 0.05) is 17.1 Å². The third kappa shape index (κ3) is 6.42. The molecule has 0 radical (unpaired) electrons. The highest BCUT2D eigenvalue weighted by Crippen LogP contribution is 2.24. The number of anilines is 2. The van der Waals surface area contributed by atoms with Crippen molar-refractivity contribution in [1.29, 1.82) is 0 Å². The molecule has 2 N–H and O–H groups in total. The molecular formula is C27H29N5O2S. The number of carbonyl (C=O) groups is 1. The van der Waals surface area contributed by atoms with E-state index >= 15 is 0 Å². The number of thioether (sulfide) groups is 1. The zero-order valence-corrected chi connectivity index (χ0v) is 20.9. The molecule has 4 rings (SSSR count). The van der Waals surface area contributed by atoms with Crippen molar-refractivity contribution in [1.82, 2.24) is 14.8 Å². The number of nitrogens with zero attached hydrogens (tertiary/aromatic N) is 3. The molecule has 35 heavy (non-hydrogen) atoms. The first-order valence-corrected chi connectivity index (χ1v) is 12.5. The molecule has 1 aromatic heterocycles. The van der Waals surface area contributed by atoms with Crippen molar-refractivity contribution in [2.45, 2.75) is 32.5 Å². The Morgan fingerprint density at radius 2 is 1.77 bits per heavy atom. The number of ether oxygens (including phenoxy) is 1. The number of aromatic nitrogens is 3. The molecule has 0 aliphatic carbocycles. The Hall–Kier alpha value is -3.78. The molecule has 0 unspecified atom stereocenters. The van der Waals surface area contributed by atoms with Crippen LogP contribution in [0.15, 0.2) is 78.0 Å². The van der Waals surface area contributed by atoms with E-state index < -0.39 is 0 Å². The van der Waals surface area contributed by atoms with Gasteiger partial charge < -0.3 is 15.4 Å². The first-order valence-electron chi connectivity index (χ1n) is 11.5. The second kappa shape index (κ2) is 11.6. The minimum absolute atomic E-state index is 0.0846. The number of nitrogens with one attached hydrogen (secondary N) is 2. The minimum Gasteiger partial charge on any atom is -0.494 e. The minimum atomic E-state index is -0.0846. The molecule has 180 valence electrons. The Morgan fingerprint density at radius 3 is 2.49 bits per heavy atom. The summed E-state index contributed by atoms with van der Waals surface area (Å²) < 4.78 is 7.49. The summed E-state index contributed by atoms with van der Waals surface area (Å²) in [4.78, 5) is 12.7. The first-order chi connectivity index (χ1) is 17.0. The van der Waals surface area contributed by atoms with E-state index in [4.69, 9.17) is 4.74 Å². The number of hydrogen-bond donors (Lipinski definition) is 2. The highest BCUT2D eigenvalue weighted by molar-refractivity contribution is 7.99. The third-order valence-corrected chi connectivity index (χ3v) is 6.25. The molecule has 0 aliphatic rings. The zero-order valence-electron chi connectivity index (χ0n) is 20.1. The summed E-state index contributed by atoms with van der Waals surface area (Å²) in [7, 11) is 0. The van der Waals surface area contributed by atoms with Crippen molar-refractivity contribution in [2.24, 2.45) is 0 Å². The molecule has 1 heterocycles. The number of para-hydroxylation sites is 1. The Balaban J connectivity index is 1.46. The van der Waals surface area contributed by atoms with E-state index in [1.807, 2.05) is 92.1 Å². The molecule has 0 bridgehead atoms. The normalized spacial score (nSPS) is 10.7. The van der Waals surface area contributed by atoms with E-state index in [1.54, 1.807) is 0 Å². The summed E-state index contributed by atoms with van der Waals surface area (Å²) in [5.41, 5.74) is 4.93. The highest BCUT2D eigenvalue weighted by Gasteiger charge is 2.16. The zero-order chi connectivity index (χ0) is 24.6. The molecule has 0 spiro atoms. The van der Waals surface area contributed by atoms with Crippen molar-refractivity contribution in [2.75, 3.05) is 23.0 Å². The SMILES string of the molecule is CCOc1ccc(NCc2nnc(SCC(=O)Nc3ccc(C)cc3C)n2-c2ccccc2)cc1. The van der Waals surface area contributed by atoms with Crippen LogP contribution in [-0.4, -0.2) is 33.0 Å². The fourth-order valence-electron chi connectivity index (χ4n) is 3.63. The molecule has 0 saturated carbocycles. The lowest BCUT2D eigenvalue weighted by Crippen LogP contribution is -2.15. The van der Waals surface area contributed by atoms with Gasteiger partial charge in [-0.3, -0.25) is 9.36 Å². The first kappa shape index (κ1) is 24.3. The van der Waals surface area contributed by atoms with E-state index in [9.17, 15) is 4.79 Å². The van der Waals surface area contributed by atoms with Gasteiger partial charge in [0.15, 0.2) is 11.0 Å². The molecular weight excluding hydrogens is 458 g/mol. The molecule has 0 fully saturated rings. The van der Waals surface area contributed by atoms with Crippen LogP contribution in [0.4, 0.5) is 11.4 Å². The fraction of sp³-hybridized carbons (Fsp3) is 0.222. The van der Waals surface area contributed by atoms with Gasteiger partial charge in [-0.1, -0.05) is 47.7 Å². The Kier molecular flexibility index (Phi) is 8.05. The fourth-order valence-corrected chi connectivity index (χ4v) is 4.40. The van der Waals surface area contributed by atoms with Crippen molar-refractivity contribution in [3.8, 4) is 11.4 Å². The maximum atomic E-state index is 12.7. The van der Waals surface area contributed by atoms with Gasteiger partial charge in [0.1, 0.15) is 5.75 Å². The predicted molar refractivity (Wildman–Crippen MR) is 142 cm³/mol. The molecule has 0 saturated heterocycles. The summed E-state index contributed by atoms with van der Waals surface area (Å²) in [6, 6.07) is 23.7. The van der Waals surface area contributed by atoms with Crippen molar-refractivity contribution in [3.63, 3.8) is 0 Å². The lowest BCUT2D eigenvalue weighted by atomic mass is 10.1. The van der Waals surface area contributed by atoms with Gasteiger partial charge in [0.2, 0.25) is 5.91 Å². The molecule has 7 nitrogen and oxygen atoms in total. The van der Waals surface area contributed by atoms with Crippen LogP contribution in [0.25, 0.3) is 5.69 Å². The topological polar surface area (TPSA) is 81.1 Å². The van der Waals surface area contributed by atoms with Crippen LogP contribution in [0, 0.1) is 13.8 Å². The quantitative estimate of drug-likeness (QED) is 0.282. The Bertz CT molecular complexity index is 1270. The van der Waals surface area contributed by atoms with Gasteiger partial charge in [-0.2, -0.15) is 0 Å². The van der Waals surface area contributed by atoms with E-state index in [2.05, 4.69) is 26.9 Å². The van der Waals surface area contributed by atoms with Crippen LogP contribution in [0.3, 0.4) is 0 Å². The number of aryl methyl sites for hydroxylation is 2. The Labute approximate surface area is 209 Å². The van der Waals surface area contributed by atoms with Crippen LogP contribution in [0.2, 0.25) is 0 Å². The lowest BCUT2D eigenvalue weighted by molar-refractivity contribution is -0.113. The summed E-state index contributed by atoms with van der Waals surface area (Å²) in [5, 5.41) is 15.9. The number of amides is 1. The second-order valence-corrected chi connectivity index (χ2v) is 8.98. The number of rotatable bonds is 10. The van der Waals surface area contributed by atoms with Crippen LogP contribution >= 0.6 is 11.8 Å². The predicted octanol–water partition coefficient (Wildman–Crippen LogP) is 5.63. The van der Waals surface area contributed by atoms with Crippen LogP contribution < -0.4 is 15.4 Å². The van der Waals surface area contributed by atoms with Crippen LogP contribution in [-0.2, 0) is 11.3 Å². The van der Waals surface area contributed by atoms with Crippen LogP contribution in [0.1, 0.15) is 23.9 Å². The summed E-state index contributed by atoms with van der Waals surface area (Å²) in [6.45, 7) is 7.10. The molecule has 3 aromatic carbocycles. The number of hydrogen-bond acceptors (Lipinski definition) is 6. The van der Waals surface area contributed by atoms with Gasteiger partial charge >= 0.3 is 0 Å². The number of benzene rings is 3. The molecule has 8 heteroatoms. The third-order valence-electron chi connectivity index (χ3n) is 5.32. The van der Waals surface area contributed by atoms with Gasteiger partial charge in [-0.05, 0) is 68.8 Å². The maximum Gasteiger partial charge on any atom is 0.234 e. The van der Waals surface area contributed by atoms with E-state index in [-0.39, 0.29) is 11.7 Å². The maximum absolute atomic E-state index is 12.7. The Morgan fingerprint density at radius 1 is 1.00 bits per heavy atom. The van der Waals surface area contributed by atoms with Crippen molar-refractivity contribution < 1.29 is 9.53 Å². The average Bonchev–Trinajstić information content (AvgIpc) is 3.27. The van der Waals surface area contributed by atoms with Gasteiger partial charge in [-0.15, -0.1) is 10.2 Å². The summed E-state index contributed by atoms with van der Waals surface area (Å²) in [5.74, 6) is 1.73. The van der Waals surface area contributed by atoms with Gasteiger partial charge in [0.25, 0.3) is 0 Å². The molecule has 0 aliphatic heterocycles. The van der Waals surface area contributed by atoms with Gasteiger partial charge in [-0.25, -0.2) is 0 Å². The smallest absolute Gasteiger partial charge is 0.234 e. The number of carbonyl (C=O) groups excluding carboxylic acids is 1. The van der Waals surface area contributed by atoms with E-state index in [0.717, 1.165) is 39.8 Å². The average molecular weight is 488 g/mol. The summed E-state index contributed by atoms with van der Waals surface area (Å²) >= 11 is 1.36. The van der Waals surface area contributed by atoms with Crippen LogP contribution in [0.5, 0.6) is 5.75 Å². The van der Waals surface area contributed by atoms with Crippen molar-refractivity contribution in [3.05, 3.63) is 89.7 Å². The lowest BCUT2D eigenvalue weighted by Gasteiger charge is -2.12. The summed E-state index contributed by atoms with van der Waals surface area (Å²) in [6.07, 6.45) is 0. The highest BCUT2D eigenvalue weighted by atomic mass is 32.2. The second-order valence-electron chi connectivity index (χ2n) is 8.04. The standard InChI is InChI=1S/C27H29N5O2S/c1-4-34-23-13-11-21(12-14-23)28-17-25-30-31-27(32(25)22-8-6-5-7-9-22)35-18-26(33)29-24-15-10-19(2)16-20(24)3/h5-16,28H,4,17-18H2,1-3H3,(H,29,33). The molecule has 0 atom stereocenters. The largest absolute Gasteiger partial charge is 0.494 e. The monoisotopic (exact) mass is 487 g/mol.